The lowest BCUT2D eigenvalue weighted by molar-refractivity contribution is 0.0248. The average Bonchev–Trinajstić information content (AvgIpc) is 3.45. The highest BCUT2D eigenvalue weighted by atomic mass is 35.5. The maximum Gasteiger partial charge on any atom is 0.348 e. The first-order chi connectivity index (χ1) is 16.2. The van der Waals surface area contributed by atoms with Gasteiger partial charge in [-0.3, -0.25) is 9.59 Å². The lowest BCUT2D eigenvalue weighted by atomic mass is 9.87. The Hall–Kier alpha value is -2.83. The second kappa shape index (κ2) is 11.1. The molecule has 11 nitrogen and oxygen atoms in total. The van der Waals surface area contributed by atoms with Crippen LogP contribution in [-0.2, 0) is 11.2 Å². The molecule has 0 saturated carbocycles. The molecule has 1 amide bonds. The highest BCUT2D eigenvalue weighted by molar-refractivity contribution is 7.17. The number of ether oxygens (including phenoxy) is 1. The van der Waals surface area contributed by atoms with Crippen molar-refractivity contribution in [1.82, 2.24) is 20.3 Å². The summed E-state index contributed by atoms with van der Waals surface area (Å²) >= 11 is 6.97. The van der Waals surface area contributed by atoms with Gasteiger partial charge in [-0.25, -0.2) is 14.8 Å². The molecule has 3 heterocycles. The lowest BCUT2D eigenvalue weighted by Gasteiger charge is -2.38. The van der Waals surface area contributed by atoms with Crippen molar-refractivity contribution in [2.45, 2.75) is 39.2 Å². The van der Waals surface area contributed by atoms with Gasteiger partial charge in [0.2, 0.25) is 5.78 Å². The molecule has 0 bridgehead atoms. The van der Waals surface area contributed by atoms with Crippen LogP contribution < -0.4 is 10.2 Å². The molecule has 1 fully saturated rings. The number of aromatic carboxylic acids is 1. The van der Waals surface area contributed by atoms with Gasteiger partial charge >= 0.3 is 5.97 Å². The molecule has 34 heavy (non-hydrogen) atoms. The first kappa shape index (κ1) is 25.8. The molecule has 184 valence electrons. The summed E-state index contributed by atoms with van der Waals surface area (Å²) in [7, 11) is 1.41. The van der Waals surface area contributed by atoms with E-state index in [9.17, 15) is 19.5 Å². The van der Waals surface area contributed by atoms with Crippen LogP contribution in [0.4, 0.5) is 5.13 Å². The second-order valence-corrected chi connectivity index (χ2v) is 9.10. The van der Waals surface area contributed by atoms with Crippen molar-refractivity contribution in [2.24, 2.45) is 5.92 Å². The molecule has 1 aliphatic heterocycles. The third kappa shape index (κ3) is 5.29. The summed E-state index contributed by atoms with van der Waals surface area (Å²) in [5.74, 6) is -2.79. The largest absolute Gasteiger partial charge is 0.477 e. The molecular formula is C21H27ClN6O5S. The number of nitrogens with zero attached hydrogens (tertiary/aromatic N) is 3. The number of aromatic amines is 1. The Morgan fingerprint density at radius 2 is 2.09 bits per heavy atom. The summed E-state index contributed by atoms with van der Waals surface area (Å²) in [6, 6.07) is 0. The number of anilines is 1. The average molecular weight is 511 g/mol. The number of ketones is 1. The molecule has 2 aromatic heterocycles. The molecule has 0 aliphatic carbocycles. The van der Waals surface area contributed by atoms with Gasteiger partial charge in [0.05, 0.1) is 17.5 Å². The van der Waals surface area contributed by atoms with Crippen LogP contribution in [0.25, 0.3) is 0 Å². The molecule has 0 spiro atoms. The van der Waals surface area contributed by atoms with E-state index in [0.29, 0.717) is 43.4 Å². The van der Waals surface area contributed by atoms with E-state index in [0.717, 1.165) is 17.8 Å². The van der Waals surface area contributed by atoms with Gasteiger partial charge in [-0.05, 0) is 19.3 Å². The van der Waals surface area contributed by atoms with E-state index in [2.05, 4.69) is 20.3 Å². The quantitative estimate of drug-likeness (QED) is 0.280. The number of carbonyl (C=O) groups excluding carboxylic acids is 2. The fourth-order valence-corrected chi connectivity index (χ4v) is 4.95. The van der Waals surface area contributed by atoms with Crippen LogP contribution in [0.5, 0.6) is 0 Å². The number of nitrogens with one attached hydrogen (secondary N) is 3. The molecule has 2 aromatic rings. The minimum atomic E-state index is -1.23. The van der Waals surface area contributed by atoms with Crippen molar-refractivity contribution in [3.63, 3.8) is 0 Å². The van der Waals surface area contributed by atoms with Crippen LogP contribution in [-0.4, -0.2) is 76.3 Å². The maximum atomic E-state index is 13.0. The zero-order chi connectivity index (χ0) is 25.0. The van der Waals surface area contributed by atoms with E-state index in [-0.39, 0.29) is 27.3 Å². The predicted octanol–water partition coefficient (Wildman–Crippen LogP) is 2.66. The summed E-state index contributed by atoms with van der Waals surface area (Å²) in [5, 5.41) is 21.1. The fraction of sp³-hybridized carbons (Fsp3) is 0.524. The fourth-order valence-electron chi connectivity index (χ4n) is 3.75. The molecule has 1 saturated heterocycles. The molecule has 3 rings (SSSR count). The number of hydrogen-bond donors (Lipinski definition) is 4. The van der Waals surface area contributed by atoms with Gasteiger partial charge < -0.3 is 30.5 Å². The van der Waals surface area contributed by atoms with E-state index in [1.54, 1.807) is 0 Å². The van der Waals surface area contributed by atoms with E-state index < -0.39 is 29.7 Å². The number of amides is 1. The number of H-pyrrole nitrogens is 1. The normalized spacial score (nSPS) is 18.1. The maximum absolute atomic E-state index is 13.0. The number of rotatable bonds is 10. The SMILES string of the molecule is CCCO[C@H]1CN(c2nc(C(=O)NC)c(C(=O)O)s2)CCC1C(=N)C(=O)c1nc(Cl)c(CC)[nH]1. The van der Waals surface area contributed by atoms with Crippen molar-refractivity contribution in [3.05, 3.63) is 27.2 Å². The van der Waals surface area contributed by atoms with E-state index in [4.69, 9.17) is 21.7 Å². The minimum Gasteiger partial charge on any atom is -0.477 e. The van der Waals surface area contributed by atoms with Gasteiger partial charge in [-0.1, -0.05) is 36.8 Å². The Morgan fingerprint density at radius 1 is 1.35 bits per heavy atom. The van der Waals surface area contributed by atoms with Crippen molar-refractivity contribution in [2.75, 3.05) is 31.6 Å². The zero-order valence-electron chi connectivity index (χ0n) is 19.1. The molecule has 13 heteroatoms. The molecular weight excluding hydrogens is 484 g/mol. The molecule has 2 atom stereocenters. The number of thiazole rings is 1. The number of carbonyl (C=O) groups is 3. The summed E-state index contributed by atoms with van der Waals surface area (Å²) < 4.78 is 6.00. The highest BCUT2D eigenvalue weighted by Gasteiger charge is 2.38. The monoisotopic (exact) mass is 510 g/mol. The molecule has 0 aromatic carbocycles. The number of carboxylic acids is 1. The van der Waals surface area contributed by atoms with Gasteiger partial charge in [0, 0.05) is 32.7 Å². The Bertz CT molecular complexity index is 1100. The van der Waals surface area contributed by atoms with Crippen LogP contribution in [0.3, 0.4) is 0 Å². The zero-order valence-corrected chi connectivity index (χ0v) is 20.7. The van der Waals surface area contributed by atoms with Gasteiger partial charge in [0.25, 0.3) is 5.91 Å². The van der Waals surface area contributed by atoms with Crippen LogP contribution in [0.2, 0.25) is 5.15 Å². The second-order valence-electron chi connectivity index (χ2n) is 7.76. The van der Waals surface area contributed by atoms with E-state index in [1.165, 1.54) is 7.05 Å². The Kier molecular flexibility index (Phi) is 8.39. The van der Waals surface area contributed by atoms with Gasteiger partial charge in [-0.15, -0.1) is 0 Å². The van der Waals surface area contributed by atoms with E-state index in [1.807, 2.05) is 18.7 Å². The number of aryl methyl sites for hydroxylation is 1. The van der Waals surface area contributed by atoms with Crippen molar-refractivity contribution >= 4 is 51.4 Å². The predicted molar refractivity (Wildman–Crippen MR) is 128 cm³/mol. The van der Waals surface area contributed by atoms with Crippen molar-refractivity contribution < 1.29 is 24.2 Å². The highest BCUT2D eigenvalue weighted by Crippen LogP contribution is 2.32. The summed E-state index contributed by atoms with van der Waals surface area (Å²) in [4.78, 5) is 49.6. The van der Waals surface area contributed by atoms with Crippen molar-refractivity contribution in [1.29, 1.82) is 5.41 Å². The summed E-state index contributed by atoms with van der Waals surface area (Å²) in [6.45, 7) is 4.97. The van der Waals surface area contributed by atoms with Crippen LogP contribution >= 0.6 is 22.9 Å². The topological polar surface area (TPSA) is 161 Å². The Labute approximate surface area is 205 Å². The first-order valence-electron chi connectivity index (χ1n) is 10.9. The standard InChI is InChI=1S/C21H27ClN6O5S/c1-4-8-33-12-9-28(21-26-14(19(30)24-3)16(34-21)20(31)32)7-6-10(12)13(23)15(29)18-25-11(5-2)17(22)27-18/h10,12,23H,4-9H2,1-3H3,(H,24,30)(H,25,27)(H,31,32)/t10?,12-/m0/s1. The van der Waals surface area contributed by atoms with Crippen LogP contribution in [0.15, 0.2) is 0 Å². The smallest absolute Gasteiger partial charge is 0.348 e. The molecule has 4 N–H and O–H groups in total. The number of halogens is 1. The molecule has 1 unspecified atom stereocenters. The number of aromatic nitrogens is 3. The summed E-state index contributed by atoms with van der Waals surface area (Å²) in [6.07, 6.45) is 1.24. The number of carboxylic acid groups (broad SMARTS) is 1. The number of piperidine rings is 1. The Balaban J connectivity index is 1.83. The van der Waals surface area contributed by atoms with Gasteiger partial charge in [0.1, 0.15) is 4.88 Å². The molecule has 1 aliphatic rings. The molecule has 0 radical (unpaired) electrons. The lowest BCUT2D eigenvalue weighted by Crippen LogP contribution is -2.49. The number of imidazole rings is 1. The van der Waals surface area contributed by atoms with Crippen molar-refractivity contribution in [3.8, 4) is 0 Å². The van der Waals surface area contributed by atoms with Gasteiger partial charge in [-0.2, -0.15) is 0 Å². The number of Topliss-reactive ketones (excluding diaryl/α,β-unsaturated/α-hetero) is 1. The first-order valence-corrected chi connectivity index (χ1v) is 12.1. The van der Waals surface area contributed by atoms with Gasteiger partial charge in [0.15, 0.2) is 21.8 Å². The van der Waals surface area contributed by atoms with Crippen LogP contribution in [0, 0.1) is 11.3 Å². The third-order valence-corrected chi connectivity index (χ3v) is 6.95. The number of hydrogen-bond acceptors (Lipinski definition) is 9. The third-order valence-electron chi connectivity index (χ3n) is 5.53. The van der Waals surface area contributed by atoms with E-state index >= 15 is 0 Å². The summed E-state index contributed by atoms with van der Waals surface area (Å²) in [5.41, 5.74) is 0.370. The minimum absolute atomic E-state index is 0.0322. The van der Waals surface area contributed by atoms with Crippen LogP contribution in [0.1, 0.15) is 63.2 Å². The Morgan fingerprint density at radius 3 is 2.68 bits per heavy atom.